The zero-order valence-corrected chi connectivity index (χ0v) is 17.3. The number of nitrogens with one attached hydrogen (secondary N) is 3. The summed E-state index contributed by atoms with van der Waals surface area (Å²) in [7, 11) is 0. The summed E-state index contributed by atoms with van der Waals surface area (Å²) >= 11 is 1.27. The lowest BCUT2D eigenvalue weighted by molar-refractivity contribution is -0.115. The molecule has 2 aromatic rings. The number of rotatable bonds is 8. The molecular formula is C22H25N3O3S. The van der Waals surface area contributed by atoms with Gasteiger partial charge in [0.05, 0.1) is 11.0 Å². The van der Waals surface area contributed by atoms with Gasteiger partial charge in [0.1, 0.15) is 0 Å². The maximum Gasteiger partial charge on any atom is 0.251 e. The molecule has 0 saturated heterocycles. The number of carbonyl (C=O) groups is 3. The van der Waals surface area contributed by atoms with Crippen LogP contribution in [0.25, 0.3) is 0 Å². The van der Waals surface area contributed by atoms with Gasteiger partial charge in [0.25, 0.3) is 5.91 Å². The maximum absolute atomic E-state index is 12.4. The van der Waals surface area contributed by atoms with Gasteiger partial charge >= 0.3 is 0 Å². The van der Waals surface area contributed by atoms with E-state index >= 15 is 0 Å². The first-order valence-corrected chi connectivity index (χ1v) is 10.7. The molecule has 0 radical (unpaired) electrons. The highest BCUT2D eigenvalue weighted by Gasteiger charge is 2.23. The first kappa shape index (κ1) is 20.9. The van der Waals surface area contributed by atoms with Gasteiger partial charge in [-0.05, 0) is 63.1 Å². The van der Waals surface area contributed by atoms with Crippen molar-refractivity contribution in [1.29, 1.82) is 0 Å². The van der Waals surface area contributed by atoms with E-state index in [1.54, 1.807) is 31.2 Å². The molecule has 0 spiro atoms. The Morgan fingerprint density at radius 3 is 2.17 bits per heavy atom. The maximum atomic E-state index is 12.4. The fourth-order valence-corrected chi connectivity index (χ4v) is 3.24. The van der Waals surface area contributed by atoms with Gasteiger partial charge in [0.2, 0.25) is 11.8 Å². The monoisotopic (exact) mass is 411 g/mol. The van der Waals surface area contributed by atoms with E-state index < -0.39 is 5.25 Å². The van der Waals surface area contributed by atoms with Crippen molar-refractivity contribution in [2.24, 2.45) is 0 Å². The molecular weight excluding hydrogens is 386 g/mol. The van der Waals surface area contributed by atoms with Crippen LogP contribution in [0.15, 0.2) is 48.5 Å². The van der Waals surface area contributed by atoms with Crippen LogP contribution < -0.4 is 16.0 Å². The average Bonchev–Trinajstić information content (AvgIpc) is 3.52. The highest BCUT2D eigenvalue weighted by Crippen LogP contribution is 2.20. The zero-order valence-electron chi connectivity index (χ0n) is 16.5. The van der Waals surface area contributed by atoms with Gasteiger partial charge in [0.15, 0.2) is 0 Å². The molecule has 1 atom stereocenters. The predicted molar refractivity (Wildman–Crippen MR) is 117 cm³/mol. The van der Waals surface area contributed by atoms with E-state index in [1.807, 2.05) is 31.2 Å². The Morgan fingerprint density at radius 1 is 0.966 bits per heavy atom. The van der Waals surface area contributed by atoms with E-state index in [-0.39, 0.29) is 23.5 Å². The molecule has 1 fully saturated rings. The summed E-state index contributed by atoms with van der Waals surface area (Å²) in [6.45, 7) is 3.74. The lowest BCUT2D eigenvalue weighted by atomic mass is 10.2. The number of hydrogen-bond acceptors (Lipinski definition) is 4. The van der Waals surface area contributed by atoms with E-state index in [1.165, 1.54) is 11.8 Å². The van der Waals surface area contributed by atoms with Gasteiger partial charge in [-0.15, -0.1) is 11.8 Å². The molecule has 0 aromatic heterocycles. The first-order chi connectivity index (χ1) is 13.9. The molecule has 1 unspecified atom stereocenters. The highest BCUT2D eigenvalue weighted by atomic mass is 32.2. The minimum Gasteiger partial charge on any atom is -0.349 e. The van der Waals surface area contributed by atoms with Crippen molar-refractivity contribution in [2.45, 2.75) is 38.0 Å². The van der Waals surface area contributed by atoms with Crippen LogP contribution in [0.1, 0.15) is 35.7 Å². The smallest absolute Gasteiger partial charge is 0.251 e. The van der Waals surface area contributed by atoms with Crippen molar-refractivity contribution in [2.75, 3.05) is 16.4 Å². The number of aryl methyl sites for hydroxylation is 1. The van der Waals surface area contributed by atoms with Gasteiger partial charge in [-0.3, -0.25) is 14.4 Å². The molecule has 3 rings (SSSR count). The molecule has 1 aliphatic rings. The third kappa shape index (κ3) is 6.64. The Morgan fingerprint density at radius 2 is 1.55 bits per heavy atom. The lowest BCUT2D eigenvalue weighted by Crippen LogP contribution is -2.26. The van der Waals surface area contributed by atoms with E-state index in [9.17, 15) is 14.4 Å². The molecule has 29 heavy (non-hydrogen) atoms. The van der Waals surface area contributed by atoms with Crippen molar-refractivity contribution in [1.82, 2.24) is 5.32 Å². The number of thioether (sulfide) groups is 1. The van der Waals surface area contributed by atoms with Crippen LogP contribution in [-0.2, 0) is 9.59 Å². The number of benzene rings is 2. The third-order valence-corrected chi connectivity index (χ3v) is 5.64. The normalized spacial score (nSPS) is 14.0. The highest BCUT2D eigenvalue weighted by molar-refractivity contribution is 8.01. The summed E-state index contributed by atoms with van der Waals surface area (Å²) in [4.78, 5) is 36.4. The zero-order chi connectivity index (χ0) is 20.8. The number of carbonyl (C=O) groups excluding carboxylic acids is 3. The molecule has 3 amide bonds. The Hall–Kier alpha value is -2.80. The predicted octanol–water partition coefficient (Wildman–Crippen LogP) is 3.59. The molecule has 1 saturated carbocycles. The standard InChI is InChI=1S/C22H25N3O3S/c1-14-3-7-17(8-4-14)23-20(26)13-29-15(2)21(27)24-18-9-5-16(6-10-18)22(28)25-19-11-12-19/h3-10,15,19H,11-13H2,1-2H3,(H,23,26)(H,24,27)(H,25,28). The summed E-state index contributed by atoms with van der Waals surface area (Å²) in [5, 5.41) is 8.17. The Bertz CT molecular complexity index is 877. The van der Waals surface area contributed by atoms with Crippen molar-refractivity contribution < 1.29 is 14.4 Å². The summed E-state index contributed by atoms with van der Waals surface area (Å²) in [5.74, 6) is -0.241. The van der Waals surface area contributed by atoms with Crippen molar-refractivity contribution in [3.8, 4) is 0 Å². The molecule has 0 bridgehead atoms. The number of hydrogen-bond donors (Lipinski definition) is 3. The first-order valence-electron chi connectivity index (χ1n) is 9.60. The van der Waals surface area contributed by atoms with Crippen molar-refractivity contribution in [3.63, 3.8) is 0 Å². The van der Waals surface area contributed by atoms with Crippen LogP contribution >= 0.6 is 11.8 Å². The minimum atomic E-state index is -0.392. The van der Waals surface area contributed by atoms with E-state index in [2.05, 4.69) is 16.0 Å². The second-order valence-corrected chi connectivity index (χ2v) is 8.51. The Kier molecular flexibility index (Phi) is 6.93. The lowest BCUT2D eigenvalue weighted by Gasteiger charge is -2.12. The summed E-state index contributed by atoms with van der Waals surface area (Å²) in [5.41, 5.74) is 3.06. The largest absolute Gasteiger partial charge is 0.349 e. The molecule has 0 heterocycles. The molecule has 0 aliphatic heterocycles. The van der Waals surface area contributed by atoms with Gasteiger partial charge < -0.3 is 16.0 Å². The fraction of sp³-hybridized carbons (Fsp3) is 0.318. The molecule has 2 aromatic carbocycles. The molecule has 3 N–H and O–H groups in total. The molecule has 152 valence electrons. The third-order valence-electron chi connectivity index (χ3n) is 4.50. The second kappa shape index (κ2) is 9.60. The van der Waals surface area contributed by atoms with Gasteiger partial charge in [-0.1, -0.05) is 17.7 Å². The topological polar surface area (TPSA) is 87.3 Å². The van der Waals surface area contributed by atoms with Crippen LogP contribution in [0.3, 0.4) is 0 Å². The van der Waals surface area contributed by atoms with Gasteiger partial charge in [-0.25, -0.2) is 0 Å². The van der Waals surface area contributed by atoms with Crippen molar-refractivity contribution >= 4 is 40.9 Å². The quantitative estimate of drug-likeness (QED) is 0.620. The van der Waals surface area contributed by atoms with Crippen LogP contribution in [0.5, 0.6) is 0 Å². The molecule has 7 heteroatoms. The van der Waals surface area contributed by atoms with E-state index in [0.29, 0.717) is 17.3 Å². The summed E-state index contributed by atoms with van der Waals surface area (Å²) in [6, 6.07) is 14.7. The van der Waals surface area contributed by atoms with Crippen LogP contribution in [0.2, 0.25) is 0 Å². The molecule has 1 aliphatic carbocycles. The molecule has 6 nitrogen and oxygen atoms in total. The number of amides is 3. The minimum absolute atomic E-state index is 0.0890. The fourth-order valence-electron chi connectivity index (χ4n) is 2.56. The van der Waals surface area contributed by atoms with E-state index in [0.717, 1.165) is 24.1 Å². The van der Waals surface area contributed by atoms with Crippen LogP contribution in [-0.4, -0.2) is 34.8 Å². The van der Waals surface area contributed by atoms with Crippen LogP contribution in [0, 0.1) is 6.92 Å². The van der Waals surface area contributed by atoms with Crippen LogP contribution in [0.4, 0.5) is 11.4 Å². The SMILES string of the molecule is Cc1ccc(NC(=O)CSC(C)C(=O)Nc2ccc(C(=O)NC3CC3)cc2)cc1. The summed E-state index contributed by atoms with van der Waals surface area (Å²) < 4.78 is 0. The van der Waals surface area contributed by atoms with E-state index in [4.69, 9.17) is 0 Å². The Labute approximate surface area is 174 Å². The van der Waals surface area contributed by atoms with Crippen molar-refractivity contribution in [3.05, 3.63) is 59.7 Å². The van der Waals surface area contributed by atoms with Gasteiger partial charge in [-0.2, -0.15) is 0 Å². The Balaban J connectivity index is 1.42. The number of anilines is 2. The van der Waals surface area contributed by atoms with Gasteiger partial charge in [0, 0.05) is 23.0 Å². The summed E-state index contributed by atoms with van der Waals surface area (Å²) in [6.07, 6.45) is 2.08. The average molecular weight is 412 g/mol. The second-order valence-electron chi connectivity index (χ2n) is 7.18.